The van der Waals surface area contributed by atoms with Gasteiger partial charge in [0.15, 0.2) is 0 Å². The van der Waals surface area contributed by atoms with E-state index in [1.165, 1.54) is 42.6 Å². The fourth-order valence-corrected chi connectivity index (χ4v) is 6.85. The first kappa shape index (κ1) is 31.1. The summed E-state index contributed by atoms with van der Waals surface area (Å²) in [6, 6.07) is 8.84. The Balaban J connectivity index is 1.69. The van der Waals surface area contributed by atoms with Gasteiger partial charge >= 0.3 is 0 Å². The van der Waals surface area contributed by atoms with Gasteiger partial charge in [-0.3, -0.25) is 9.52 Å². The minimum absolute atomic E-state index is 0.00433. The SMILES string of the molecule is Cc1c(C(=O)NCC2(O)CCOCC2)cc(-c2ccc(SNC(C)(C)C)c(C(C)(C)C)c2)n1CC1CCCCC1. The molecule has 1 aliphatic heterocycles. The Kier molecular flexibility index (Phi) is 9.81. The highest BCUT2D eigenvalue weighted by atomic mass is 32.2. The van der Waals surface area contributed by atoms with E-state index in [0.717, 1.165) is 23.5 Å². The van der Waals surface area contributed by atoms with Gasteiger partial charge in [-0.25, -0.2) is 0 Å². The van der Waals surface area contributed by atoms with E-state index in [0.29, 0.717) is 37.5 Å². The van der Waals surface area contributed by atoms with Crippen LogP contribution in [0.3, 0.4) is 0 Å². The Morgan fingerprint density at radius 1 is 1.07 bits per heavy atom. The minimum Gasteiger partial charge on any atom is -0.388 e. The van der Waals surface area contributed by atoms with E-state index in [1.807, 2.05) is 0 Å². The van der Waals surface area contributed by atoms with Gasteiger partial charge in [-0.15, -0.1) is 0 Å². The third-order valence-electron chi connectivity index (χ3n) is 8.33. The number of nitrogens with zero attached hydrogens (tertiary/aromatic N) is 1. The lowest BCUT2D eigenvalue weighted by molar-refractivity contribution is -0.0605. The first-order valence-corrected chi connectivity index (χ1v) is 15.9. The first-order valence-electron chi connectivity index (χ1n) is 15.1. The highest BCUT2D eigenvalue weighted by Crippen LogP contribution is 2.38. The monoisotopic (exact) mass is 569 g/mol. The summed E-state index contributed by atoms with van der Waals surface area (Å²) in [7, 11) is 0. The standard InChI is InChI=1S/C33H51N3O3S/c1-23-26(30(37)34-22-33(38)15-17-39-18-16-33)20-28(36(23)21-24-11-9-8-10-12-24)25-13-14-29(40-35-32(5,6)7)27(19-25)31(2,3)4/h13-14,19-20,24,35,38H,8-12,15-18,21-22H2,1-7H3,(H,34,37). The second-order valence-electron chi connectivity index (χ2n) is 14.1. The van der Waals surface area contributed by atoms with Crippen molar-refractivity contribution in [1.82, 2.24) is 14.6 Å². The summed E-state index contributed by atoms with van der Waals surface area (Å²) in [5.41, 5.74) is 4.31. The summed E-state index contributed by atoms with van der Waals surface area (Å²) in [4.78, 5) is 14.8. The normalized spacial score (nSPS) is 18.6. The number of benzene rings is 1. The lowest BCUT2D eigenvalue weighted by Gasteiger charge is -2.32. The van der Waals surface area contributed by atoms with Crippen LogP contribution in [0.5, 0.6) is 0 Å². The molecule has 0 atom stereocenters. The van der Waals surface area contributed by atoms with E-state index in [2.05, 4.69) is 87.3 Å². The van der Waals surface area contributed by atoms with Gasteiger partial charge in [-0.2, -0.15) is 0 Å². The highest BCUT2D eigenvalue weighted by molar-refractivity contribution is 7.97. The fraction of sp³-hybridized carbons (Fsp3) is 0.667. The van der Waals surface area contributed by atoms with Crippen molar-refractivity contribution in [2.24, 2.45) is 5.92 Å². The van der Waals surface area contributed by atoms with Crippen molar-refractivity contribution in [3.05, 3.63) is 41.1 Å². The van der Waals surface area contributed by atoms with E-state index in [4.69, 9.17) is 4.74 Å². The number of hydrogen-bond donors (Lipinski definition) is 3. The molecule has 1 amide bonds. The van der Waals surface area contributed by atoms with Gasteiger partial charge in [0.25, 0.3) is 5.91 Å². The van der Waals surface area contributed by atoms with Crippen LogP contribution < -0.4 is 10.0 Å². The van der Waals surface area contributed by atoms with Crippen molar-refractivity contribution in [1.29, 1.82) is 0 Å². The number of amides is 1. The number of hydrogen-bond acceptors (Lipinski definition) is 5. The third-order valence-corrected chi connectivity index (χ3v) is 9.62. The van der Waals surface area contributed by atoms with Crippen LogP contribution in [0.4, 0.5) is 0 Å². The maximum atomic E-state index is 13.5. The molecule has 2 heterocycles. The lowest BCUT2D eigenvalue weighted by Crippen LogP contribution is -2.46. The average Bonchev–Trinajstić information content (AvgIpc) is 3.22. The summed E-state index contributed by atoms with van der Waals surface area (Å²) in [5, 5.41) is 14.0. The van der Waals surface area contributed by atoms with Gasteiger partial charge in [0, 0.05) is 61.0 Å². The van der Waals surface area contributed by atoms with Crippen molar-refractivity contribution in [2.45, 2.75) is 121 Å². The van der Waals surface area contributed by atoms with Gasteiger partial charge in [0.1, 0.15) is 0 Å². The molecule has 2 aliphatic rings. The van der Waals surface area contributed by atoms with Gasteiger partial charge in [0.05, 0.1) is 11.2 Å². The molecule has 3 N–H and O–H groups in total. The molecule has 1 aromatic heterocycles. The van der Waals surface area contributed by atoms with Gasteiger partial charge in [-0.1, -0.05) is 46.1 Å². The molecule has 7 heteroatoms. The second-order valence-corrected chi connectivity index (χ2v) is 14.9. The molecular formula is C33H51N3O3S. The first-order chi connectivity index (χ1) is 18.8. The van der Waals surface area contributed by atoms with E-state index in [-0.39, 0.29) is 23.4 Å². The van der Waals surface area contributed by atoms with Gasteiger partial charge in [0.2, 0.25) is 0 Å². The van der Waals surface area contributed by atoms with Crippen LogP contribution in [-0.4, -0.2) is 46.5 Å². The molecule has 6 nitrogen and oxygen atoms in total. The molecule has 222 valence electrons. The number of nitrogens with one attached hydrogen (secondary N) is 2. The van der Waals surface area contributed by atoms with Crippen LogP contribution >= 0.6 is 11.9 Å². The summed E-state index contributed by atoms with van der Waals surface area (Å²) >= 11 is 1.70. The molecule has 1 aromatic carbocycles. The van der Waals surface area contributed by atoms with Crippen LogP contribution in [0.15, 0.2) is 29.2 Å². The molecule has 4 rings (SSSR count). The van der Waals surface area contributed by atoms with Crippen molar-refractivity contribution in [3.8, 4) is 11.3 Å². The molecule has 0 spiro atoms. The summed E-state index contributed by atoms with van der Waals surface area (Å²) in [6.45, 7) is 17.6. The Morgan fingerprint density at radius 3 is 2.38 bits per heavy atom. The maximum absolute atomic E-state index is 13.5. The zero-order valence-corrected chi connectivity index (χ0v) is 26.6. The topological polar surface area (TPSA) is 75.5 Å². The predicted octanol–water partition coefficient (Wildman–Crippen LogP) is 7.01. The Bertz CT molecular complexity index is 1160. The van der Waals surface area contributed by atoms with Crippen molar-refractivity contribution < 1.29 is 14.6 Å². The number of rotatable bonds is 8. The summed E-state index contributed by atoms with van der Waals surface area (Å²) < 4.78 is 11.4. The summed E-state index contributed by atoms with van der Waals surface area (Å²) in [5.74, 6) is 0.518. The Morgan fingerprint density at radius 2 is 1.75 bits per heavy atom. The largest absolute Gasteiger partial charge is 0.388 e. The van der Waals surface area contributed by atoms with Crippen LogP contribution in [0.1, 0.15) is 108 Å². The molecule has 1 saturated heterocycles. The quantitative estimate of drug-likeness (QED) is 0.298. The molecule has 0 bridgehead atoms. The smallest absolute Gasteiger partial charge is 0.253 e. The van der Waals surface area contributed by atoms with E-state index >= 15 is 0 Å². The predicted molar refractivity (Wildman–Crippen MR) is 166 cm³/mol. The molecule has 2 fully saturated rings. The molecule has 2 aromatic rings. The number of aromatic nitrogens is 1. The van der Waals surface area contributed by atoms with Crippen LogP contribution in [-0.2, 0) is 16.7 Å². The zero-order valence-electron chi connectivity index (χ0n) is 25.8. The maximum Gasteiger partial charge on any atom is 0.253 e. The number of carbonyl (C=O) groups excluding carboxylic acids is 1. The third kappa shape index (κ3) is 7.93. The molecule has 0 radical (unpaired) electrons. The number of aliphatic hydroxyl groups is 1. The lowest BCUT2D eigenvalue weighted by atomic mass is 9.85. The van der Waals surface area contributed by atoms with Gasteiger partial charge < -0.3 is 19.7 Å². The van der Waals surface area contributed by atoms with E-state index < -0.39 is 5.60 Å². The highest BCUT2D eigenvalue weighted by Gasteiger charge is 2.31. The summed E-state index contributed by atoms with van der Waals surface area (Å²) in [6.07, 6.45) is 7.48. The van der Waals surface area contributed by atoms with Crippen molar-refractivity contribution in [2.75, 3.05) is 19.8 Å². The fourth-order valence-electron chi connectivity index (χ4n) is 5.82. The average molecular weight is 570 g/mol. The van der Waals surface area contributed by atoms with E-state index in [1.54, 1.807) is 11.9 Å². The molecule has 1 aliphatic carbocycles. The van der Waals surface area contributed by atoms with Crippen LogP contribution in [0.2, 0.25) is 0 Å². The number of carbonyl (C=O) groups is 1. The minimum atomic E-state index is -0.897. The van der Waals surface area contributed by atoms with Crippen LogP contribution in [0.25, 0.3) is 11.3 Å². The molecule has 40 heavy (non-hydrogen) atoms. The van der Waals surface area contributed by atoms with Crippen molar-refractivity contribution in [3.63, 3.8) is 0 Å². The number of ether oxygens (including phenoxy) is 1. The Hall–Kier alpha value is -1.80. The second kappa shape index (κ2) is 12.6. The molecule has 0 unspecified atom stereocenters. The molecular weight excluding hydrogens is 518 g/mol. The molecule has 1 saturated carbocycles. The van der Waals surface area contributed by atoms with E-state index in [9.17, 15) is 9.90 Å². The van der Waals surface area contributed by atoms with Crippen LogP contribution in [0, 0.1) is 12.8 Å². The van der Waals surface area contributed by atoms with Gasteiger partial charge in [-0.05, 0) is 93.1 Å². The Labute approximate surface area is 246 Å². The van der Waals surface area contributed by atoms with Crippen molar-refractivity contribution >= 4 is 17.9 Å². The zero-order chi connectivity index (χ0) is 29.1.